The first kappa shape index (κ1) is 21.9. The number of hydrogen-bond donors (Lipinski definition) is 1. The van der Waals surface area contributed by atoms with E-state index in [0.717, 1.165) is 5.56 Å². The fraction of sp³-hybridized carbons (Fsp3) is 0.111. The Morgan fingerprint density at radius 2 is 1.45 bits per heavy atom. The summed E-state index contributed by atoms with van der Waals surface area (Å²) in [5.74, 6) is -0.372. The molecule has 0 saturated heterocycles. The van der Waals surface area contributed by atoms with Crippen LogP contribution in [0.3, 0.4) is 0 Å². The highest BCUT2D eigenvalue weighted by molar-refractivity contribution is 6.19. The van der Waals surface area contributed by atoms with E-state index in [0.29, 0.717) is 22.7 Å². The molecule has 0 bridgehead atoms. The van der Waals surface area contributed by atoms with Crippen LogP contribution in [0.15, 0.2) is 96.3 Å². The summed E-state index contributed by atoms with van der Waals surface area (Å²) in [7, 11) is 3.12. The van der Waals surface area contributed by atoms with E-state index >= 15 is 0 Å². The number of nitrogens with zero attached hydrogens (tertiary/aromatic N) is 1. The normalized spacial score (nSPS) is 15.9. The molecule has 1 aliphatic rings. The second-order valence-electron chi connectivity index (χ2n) is 7.42. The van der Waals surface area contributed by atoms with Crippen LogP contribution in [0.1, 0.15) is 17.2 Å². The standard InChI is InChI=1S/C27H23NO5/c1-32-21-13-9-19(10-14-21)25-24(23(29)17-8-18-6-4-3-5-7-18)26(30)27(31)28(25)20-11-15-22(33-2)16-12-20/h3-17,25,30H,1-2H3/b17-8+/t25-/m0/s1. The minimum absolute atomic E-state index is 0.0215. The van der Waals surface area contributed by atoms with Gasteiger partial charge in [0.25, 0.3) is 5.91 Å². The lowest BCUT2D eigenvalue weighted by Crippen LogP contribution is -2.30. The van der Waals surface area contributed by atoms with E-state index in [9.17, 15) is 14.7 Å². The molecule has 0 unspecified atom stereocenters. The Bertz CT molecular complexity index is 1210. The molecule has 33 heavy (non-hydrogen) atoms. The summed E-state index contributed by atoms with van der Waals surface area (Å²) in [6.07, 6.45) is 3.04. The molecule has 1 amide bonds. The molecule has 6 heteroatoms. The van der Waals surface area contributed by atoms with Crippen molar-refractivity contribution in [2.45, 2.75) is 6.04 Å². The van der Waals surface area contributed by atoms with Gasteiger partial charge in [0.15, 0.2) is 11.5 Å². The zero-order chi connectivity index (χ0) is 23.4. The number of allylic oxidation sites excluding steroid dienone is 1. The largest absolute Gasteiger partial charge is 0.503 e. The summed E-state index contributed by atoms with van der Waals surface area (Å²) in [4.78, 5) is 27.8. The molecule has 1 N–H and O–H groups in total. The van der Waals surface area contributed by atoms with Crippen molar-refractivity contribution in [3.8, 4) is 11.5 Å². The number of carbonyl (C=O) groups excluding carboxylic acids is 2. The van der Waals surface area contributed by atoms with Crippen molar-refractivity contribution < 1.29 is 24.2 Å². The minimum atomic E-state index is -0.801. The molecule has 0 aliphatic carbocycles. The molecular weight excluding hydrogens is 418 g/mol. The minimum Gasteiger partial charge on any atom is -0.503 e. The Hall–Kier alpha value is -4.32. The second kappa shape index (κ2) is 9.44. The van der Waals surface area contributed by atoms with Crippen molar-refractivity contribution in [1.29, 1.82) is 0 Å². The van der Waals surface area contributed by atoms with Crippen LogP contribution in [-0.2, 0) is 9.59 Å². The van der Waals surface area contributed by atoms with Gasteiger partial charge in [-0.2, -0.15) is 0 Å². The highest BCUT2D eigenvalue weighted by Crippen LogP contribution is 2.41. The third-order valence-electron chi connectivity index (χ3n) is 5.48. The predicted octanol–water partition coefficient (Wildman–Crippen LogP) is 4.89. The van der Waals surface area contributed by atoms with Gasteiger partial charge in [0, 0.05) is 5.69 Å². The van der Waals surface area contributed by atoms with Crippen LogP contribution in [0.5, 0.6) is 11.5 Å². The number of ketones is 1. The maximum absolute atomic E-state index is 13.2. The first-order valence-electron chi connectivity index (χ1n) is 10.4. The molecular formula is C27H23NO5. The number of amides is 1. The van der Waals surface area contributed by atoms with Gasteiger partial charge in [-0.3, -0.25) is 14.5 Å². The van der Waals surface area contributed by atoms with Crippen molar-refractivity contribution in [2.75, 3.05) is 19.1 Å². The molecule has 0 aromatic heterocycles. The molecule has 6 nitrogen and oxygen atoms in total. The first-order chi connectivity index (χ1) is 16.0. The van der Waals surface area contributed by atoms with E-state index in [-0.39, 0.29) is 5.57 Å². The maximum atomic E-state index is 13.2. The smallest absolute Gasteiger partial charge is 0.294 e. The first-order valence-corrected chi connectivity index (χ1v) is 10.4. The van der Waals surface area contributed by atoms with Gasteiger partial charge in [-0.15, -0.1) is 0 Å². The van der Waals surface area contributed by atoms with Crippen LogP contribution in [0.2, 0.25) is 0 Å². The van der Waals surface area contributed by atoms with Gasteiger partial charge in [0.05, 0.1) is 25.8 Å². The van der Waals surface area contributed by atoms with Crippen LogP contribution in [0, 0.1) is 0 Å². The van der Waals surface area contributed by atoms with Crippen LogP contribution >= 0.6 is 0 Å². The fourth-order valence-corrected chi connectivity index (χ4v) is 3.79. The molecule has 166 valence electrons. The van der Waals surface area contributed by atoms with Crippen molar-refractivity contribution in [3.05, 3.63) is 107 Å². The van der Waals surface area contributed by atoms with Crippen molar-refractivity contribution in [3.63, 3.8) is 0 Å². The number of rotatable bonds is 7. The monoisotopic (exact) mass is 441 g/mol. The van der Waals surface area contributed by atoms with E-state index in [1.54, 1.807) is 68.8 Å². The van der Waals surface area contributed by atoms with Gasteiger partial charge in [-0.1, -0.05) is 48.5 Å². The van der Waals surface area contributed by atoms with Crippen LogP contribution in [0.4, 0.5) is 5.69 Å². The third kappa shape index (κ3) is 4.36. The number of hydrogen-bond acceptors (Lipinski definition) is 5. The molecule has 0 spiro atoms. The summed E-state index contributed by atoms with van der Waals surface area (Å²) in [5, 5.41) is 10.8. The number of benzene rings is 3. The Morgan fingerprint density at radius 3 is 2.03 bits per heavy atom. The van der Waals surface area contributed by atoms with Crippen LogP contribution in [0.25, 0.3) is 6.08 Å². The SMILES string of the molecule is COc1ccc([C@H]2C(C(=O)/C=C/c3ccccc3)=C(O)C(=O)N2c2ccc(OC)cc2)cc1. The number of carbonyl (C=O) groups is 2. The van der Waals surface area contributed by atoms with Crippen LogP contribution in [-0.4, -0.2) is 31.0 Å². The lowest BCUT2D eigenvalue weighted by atomic mass is 9.95. The number of anilines is 1. The van der Waals surface area contributed by atoms with Crippen molar-refractivity contribution in [2.24, 2.45) is 0 Å². The Balaban J connectivity index is 1.77. The molecule has 3 aromatic carbocycles. The van der Waals surface area contributed by atoms with Gasteiger partial charge in [-0.25, -0.2) is 0 Å². The molecule has 0 fully saturated rings. The number of aliphatic hydroxyl groups excluding tert-OH is 1. The van der Waals surface area contributed by atoms with Gasteiger partial charge in [-0.05, 0) is 53.6 Å². The molecule has 1 aliphatic heterocycles. The quantitative estimate of drug-likeness (QED) is 0.529. The van der Waals surface area contributed by atoms with Gasteiger partial charge in [0.2, 0.25) is 0 Å². The average molecular weight is 441 g/mol. The van der Waals surface area contributed by atoms with Crippen LogP contribution < -0.4 is 14.4 Å². The zero-order valence-corrected chi connectivity index (χ0v) is 18.3. The van der Waals surface area contributed by atoms with E-state index in [4.69, 9.17) is 9.47 Å². The third-order valence-corrected chi connectivity index (χ3v) is 5.48. The van der Waals surface area contributed by atoms with Gasteiger partial charge in [0.1, 0.15) is 11.5 Å². The van der Waals surface area contributed by atoms with Gasteiger partial charge >= 0.3 is 0 Å². The highest BCUT2D eigenvalue weighted by Gasteiger charge is 2.43. The van der Waals surface area contributed by atoms with E-state index in [2.05, 4.69) is 0 Å². The van der Waals surface area contributed by atoms with E-state index < -0.39 is 23.5 Å². The molecule has 1 heterocycles. The molecule has 4 rings (SSSR count). The number of methoxy groups -OCH3 is 2. The van der Waals surface area contributed by atoms with Crippen molar-refractivity contribution in [1.82, 2.24) is 0 Å². The molecule has 1 atom stereocenters. The predicted molar refractivity (Wildman–Crippen MR) is 126 cm³/mol. The lowest BCUT2D eigenvalue weighted by Gasteiger charge is -2.27. The van der Waals surface area contributed by atoms with E-state index in [1.165, 1.54) is 11.0 Å². The summed E-state index contributed by atoms with van der Waals surface area (Å²) >= 11 is 0. The second-order valence-corrected chi connectivity index (χ2v) is 7.42. The maximum Gasteiger partial charge on any atom is 0.294 e. The van der Waals surface area contributed by atoms with E-state index in [1.807, 2.05) is 30.3 Å². The average Bonchev–Trinajstić information content (AvgIpc) is 3.13. The Labute approximate surface area is 192 Å². The highest BCUT2D eigenvalue weighted by atomic mass is 16.5. The van der Waals surface area contributed by atoms with Gasteiger partial charge < -0.3 is 14.6 Å². The molecule has 0 radical (unpaired) electrons. The Kier molecular flexibility index (Phi) is 6.26. The summed E-state index contributed by atoms with van der Waals surface area (Å²) in [6.45, 7) is 0. The summed E-state index contributed by atoms with van der Waals surface area (Å²) in [5.41, 5.74) is 2.06. The topological polar surface area (TPSA) is 76.1 Å². The summed E-state index contributed by atoms with van der Waals surface area (Å²) < 4.78 is 10.4. The lowest BCUT2D eigenvalue weighted by molar-refractivity contribution is -0.117. The fourth-order valence-electron chi connectivity index (χ4n) is 3.79. The molecule has 0 saturated carbocycles. The zero-order valence-electron chi connectivity index (χ0n) is 18.3. The van der Waals surface area contributed by atoms with Crippen molar-refractivity contribution >= 4 is 23.5 Å². The Morgan fingerprint density at radius 1 is 0.879 bits per heavy atom. The summed E-state index contributed by atoms with van der Waals surface area (Å²) in [6, 6.07) is 22.5. The molecule has 3 aromatic rings. The number of aliphatic hydroxyl groups is 1. The number of ether oxygens (including phenoxy) is 2.